The Kier molecular flexibility index (Phi) is 4.69. The summed E-state index contributed by atoms with van der Waals surface area (Å²) in [4.78, 5) is 14.4. The van der Waals surface area contributed by atoms with Gasteiger partial charge in [0.15, 0.2) is 0 Å². The Bertz CT molecular complexity index is 464. The van der Waals surface area contributed by atoms with Gasteiger partial charge in [0.05, 0.1) is 6.54 Å². The Balaban J connectivity index is 1.96. The number of likely N-dealkylation sites (tertiary alicyclic amines) is 1. The number of carbonyl (C=O) groups excluding carboxylic acids is 1. The van der Waals surface area contributed by atoms with Gasteiger partial charge in [0.2, 0.25) is 5.91 Å². The molecule has 2 rings (SSSR count). The topological polar surface area (TPSA) is 32.3 Å². The van der Waals surface area contributed by atoms with Crippen LogP contribution in [0.3, 0.4) is 0 Å². The van der Waals surface area contributed by atoms with Gasteiger partial charge in [-0.1, -0.05) is 31.5 Å². The van der Waals surface area contributed by atoms with Gasteiger partial charge in [0.25, 0.3) is 0 Å². The smallest absolute Gasteiger partial charge is 0.242 e. The van der Waals surface area contributed by atoms with Crippen LogP contribution in [0.4, 0.5) is 5.69 Å². The first kappa shape index (κ1) is 14.9. The minimum atomic E-state index is 0.219. The van der Waals surface area contributed by atoms with Crippen LogP contribution in [-0.4, -0.2) is 29.9 Å². The SMILES string of the molecule is CC[C@H]1CCN(C(=O)CNc2c(C)cccc2C)[C@@H]1C. The lowest BCUT2D eigenvalue weighted by Crippen LogP contribution is -2.39. The maximum absolute atomic E-state index is 12.4. The van der Waals surface area contributed by atoms with Gasteiger partial charge in [-0.15, -0.1) is 0 Å². The molecule has 0 bridgehead atoms. The van der Waals surface area contributed by atoms with E-state index in [0.717, 1.165) is 25.1 Å². The van der Waals surface area contributed by atoms with Crippen molar-refractivity contribution in [3.8, 4) is 0 Å². The van der Waals surface area contributed by atoms with Gasteiger partial charge in [-0.3, -0.25) is 4.79 Å². The van der Waals surface area contributed by atoms with E-state index in [-0.39, 0.29) is 5.91 Å². The molecule has 3 heteroatoms. The van der Waals surface area contributed by atoms with E-state index >= 15 is 0 Å². The Morgan fingerprint density at radius 2 is 2.00 bits per heavy atom. The first-order valence-corrected chi connectivity index (χ1v) is 7.64. The summed E-state index contributed by atoms with van der Waals surface area (Å²) in [7, 11) is 0. The minimum absolute atomic E-state index is 0.219. The number of carbonyl (C=O) groups is 1. The molecule has 0 unspecified atom stereocenters. The number of hydrogen-bond donors (Lipinski definition) is 1. The average molecular weight is 274 g/mol. The minimum Gasteiger partial charge on any atom is -0.376 e. The van der Waals surface area contributed by atoms with E-state index in [2.05, 4.69) is 45.1 Å². The van der Waals surface area contributed by atoms with Crippen molar-refractivity contribution in [1.82, 2.24) is 4.90 Å². The summed E-state index contributed by atoms with van der Waals surface area (Å²) in [5.74, 6) is 0.884. The molecule has 0 saturated carbocycles. The lowest BCUT2D eigenvalue weighted by molar-refractivity contribution is -0.130. The van der Waals surface area contributed by atoms with Gasteiger partial charge in [-0.25, -0.2) is 0 Å². The predicted molar refractivity (Wildman–Crippen MR) is 84.0 cm³/mol. The van der Waals surface area contributed by atoms with Gasteiger partial charge in [-0.2, -0.15) is 0 Å². The number of rotatable bonds is 4. The number of amides is 1. The standard InChI is InChI=1S/C17H26N2O/c1-5-15-9-10-19(14(15)4)16(20)11-18-17-12(2)7-6-8-13(17)3/h6-8,14-15,18H,5,9-11H2,1-4H3/t14-,15+/m1/s1. The monoisotopic (exact) mass is 274 g/mol. The summed E-state index contributed by atoms with van der Waals surface area (Å²) in [6.45, 7) is 9.85. The first-order valence-electron chi connectivity index (χ1n) is 7.64. The Hall–Kier alpha value is -1.51. The highest BCUT2D eigenvalue weighted by molar-refractivity contribution is 5.82. The van der Waals surface area contributed by atoms with Crippen molar-refractivity contribution in [3.05, 3.63) is 29.3 Å². The van der Waals surface area contributed by atoms with Crippen LogP contribution in [0.15, 0.2) is 18.2 Å². The number of aryl methyl sites for hydroxylation is 2. The van der Waals surface area contributed by atoms with Crippen molar-refractivity contribution >= 4 is 11.6 Å². The van der Waals surface area contributed by atoms with Crippen molar-refractivity contribution in [3.63, 3.8) is 0 Å². The van der Waals surface area contributed by atoms with Crippen LogP contribution in [0.5, 0.6) is 0 Å². The molecule has 20 heavy (non-hydrogen) atoms. The molecule has 0 spiro atoms. The molecule has 2 atom stereocenters. The second kappa shape index (κ2) is 6.29. The normalized spacial score (nSPS) is 22.1. The van der Waals surface area contributed by atoms with E-state index in [0.29, 0.717) is 18.5 Å². The zero-order chi connectivity index (χ0) is 14.7. The fraction of sp³-hybridized carbons (Fsp3) is 0.588. The van der Waals surface area contributed by atoms with Crippen molar-refractivity contribution in [1.29, 1.82) is 0 Å². The Morgan fingerprint density at radius 1 is 1.35 bits per heavy atom. The maximum Gasteiger partial charge on any atom is 0.242 e. The van der Waals surface area contributed by atoms with E-state index in [1.165, 1.54) is 11.1 Å². The van der Waals surface area contributed by atoms with Crippen molar-refractivity contribution in [2.24, 2.45) is 5.92 Å². The highest BCUT2D eigenvalue weighted by atomic mass is 16.2. The van der Waals surface area contributed by atoms with Crippen molar-refractivity contribution in [2.75, 3.05) is 18.4 Å². The molecule has 0 aromatic heterocycles. The van der Waals surface area contributed by atoms with Crippen LogP contribution in [0.1, 0.15) is 37.8 Å². The van der Waals surface area contributed by atoms with Gasteiger partial charge in [-0.05, 0) is 44.2 Å². The lowest BCUT2D eigenvalue weighted by Gasteiger charge is -2.25. The molecule has 1 heterocycles. The zero-order valence-electron chi connectivity index (χ0n) is 13.1. The molecule has 110 valence electrons. The third-order valence-corrected chi connectivity index (χ3v) is 4.66. The predicted octanol–water partition coefficient (Wildman–Crippen LogP) is 3.36. The number of nitrogens with one attached hydrogen (secondary N) is 1. The molecule has 3 nitrogen and oxygen atoms in total. The summed E-state index contributed by atoms with van der Waals surface area (Å²) in [5.41, 5.74) is 3.48. The van der Waals surface area contributed by atoms with Crippen LogP contribution >= 0.6 is 0 Å². The van der Waals surface area contributed by atoms with E-state index in [4.69, 9.17) is 0 Å². The summed E-state index contributed by atoms with van der Waals surface area (Å²) < 4.78 is 0. The molecule has 1 fully saturated rings. The molecule has 1 saturated heterocycles. The second-order valence-corrected chi connectivity index (χ2v) is 5.91. The maximum atomic E-state index is 12.4. The molecule has 1 amide bonds. The molecule has 0 aliphatic carbocycles. The quantitative estimate of drug-likeness (QED) is 0.913. The molecule has 1 aliphatic rings. The fourth-order valence-corrected chi connectivity index (χ4v) is 3.26. The second-order valence-electron chi connectivity index (χ2n) is 5.91. The third-order valence-electron chi connectivity index (χ3n) is 4.66. The first-order chi connectivity index (χ1) is 9.54. The summed E-state index contributed by atoms with van der Waals surface area (Å²) in [6, 6.07) is 6.58. The van der Waals surface area contributed by atoms with E-state index in [9.17, 15) is 4.79 Å². The van der Waals surface area contributed by atoms with Crippen molar-refractivity contribution < 1.29 is 4.79 Å². The van der Waals surface area contributed by atoms with Gasteiger partial charge in [0, 0.05) is 18.3 Å². The average Bonchev–Trinajstić information content (AvgIpc) is 2.79. The van der Waals surface area contributed by atoms with Crippen LogP contribution < -0.4 is 5.32 Å². The Morgan fingerprint density at radius 3 is 2.55 bits per heavy atom. The van der Waals surface area contributed by atoms with E-state index in [1.54, 1.807) is 0 Å². The molecular weight excluding hydrogens is 248 g/mol. The fourth-order valence-electron chi connectivity index (χ4n) is 3.26. The molecule has 1 aromatic rings. The highest BCUT2D eigenvalue weighted by Gasteiger charge is 2.32. The van der Waals surface area contributed by atoms with E-state index < -0.39 is 0 Å². The number of nitrogens with zero attached hydrogens (tertiary/aromatic N) is 1. The van der Waals surface area contributed by atoms with E-state index in [1.807, 2.05) is 11.0 Å². The van der Waals surface area contributed by atoms with Gasteiger partial charge in [0.1, 0.15) is 0 Å². The third kappa shape index (κ3) is 2.97. The number of benzene rings is 1. The largest absolute Gasteiger partial charge is 0.376 e. The molecule has 1 aromatic carbocycles. The number of anilines is 1. The lowest BCUT2D eigenvalue weighted by atomic mass is 9.99. The Labute approximate surface area is 122 Å². The van der Waals surface area contributed by atoms with Crippen molar-refractivity contribution in [2.45, 2.75) is 46.6 Å². The highest BCUT2D eigenvalue weighted by Crippen LogP contribution is 2.27. The zero-order valence-corrected chi connectivity index (χ0v) is 13.1. The van der Waals surface area contributed by atoms with Crippen LogP contribution in [0.25, 0.3) is 0 Å². The summed E-state index contributed by atoms with van der Waals surface area (Å²) in [6.07, 6.45) is 2.31. The summed E-state index contributed by atoms with van der Waals surface area (Å²) >= 11 is 0. The van der Waals surface area contributed by atoms with Gasteiger partial charge >= 0.3 is 0 Å². The van der Waals surface area contributed by atoms with Crippen LogP contribution in [0.2, 0.25) is 0 Å². The molecule has 1 aliphatic heterocycles. The molecule has 1 N–H and O–H groups in total. The van der Waals surface area contributed by atoms with Crippen LogP contribution in [0, 0.1) is 19.8 Å². The molecule has 0 radical (unpaired) electrons. The van der Waals surface area contributed by atoms with Gasteiger partial charge < -0.3 is 10.2 Å². The number of hydrogen-bond acceptors (Lipinski definition) is 2. The number of para-hydroxylation sites is 1. The summed E-state index contributed by atoms with van der Waals surface area (Å²) in [5, 5.41) is 3.32. The van der Waals surface area contributed by atoms with Crippen LogP contribution in [-0.2, 0) is 4.79 Å². The molecular formula is C17H26N2O.